The summed E-state index contributed by atoms with van der Waals surface area (Å²) >= 11 is 1.50. The summed E-state index contributed by atoms with van der Waals surface area (Å²) in [6, 6.07) is 8.46. The number of thiophene rings is 1. The number of nitro benzene ring substituents is 1. The summed E-state index contributed by atoms with van der Waals surface area (Å²) in [6.07, 6.45) is 0. The second kappa shape index (κ2) is 5.94. The third-order valence-corrected chi connectivity index (χ3v) is 3.87. The van der Waals surface area contributed by atoms with E-state index in [2.05, 4.69) is 10.1 Å². The van der Waals surface area contributed by atoms with Crippen LogP contribution in [0.3, 0.4) is 0 Å². The molecule has 0 unspecified atom stereocenters. The Morgan fingerprint density at radius 2 is 2.23 bits per heavy atom. The highest BCUT2D eigenvalue weighted by Gasteiger charge is 2.15. The van der Waals surface area contributed by atoms with Crippen molar-refractivity contribution in [3.05, 3.63) is 57.2 Å². The molecule has 0 spiro atoms. The second-order valence-corrected chi connectivity index (χ2v) is 5.39. The maximum Gasteiger partial charge on any atom is 0.276 e. The Bertz CT molecular complexity index is 798. The predicted molar refractivity (Wildman–Crippen MR) is 79.8 cm³/mol. The van der Waals surface area contributed by atoms with E-state index in [4.69, 9.17) is 9.26 Å². The van der Waals surface area contributed by atoms with Gasteiger partial charge in [-0.3, -0.25) is 10.1 Å². The van der Waals surface area contributed by atoms with Crippen molar-refractivity contribution in [1.82, 2.24) is 10.1 Å². The number of hydrogen-bond acceptors (Lipinski definition) is 7. The van der Waals surface area contributed by atoms with Crippen molar-refractivity contribution >= 4 is 17.0 Å². The molecule has 0 bridgehead atoms. The topological polar surface area (TPSA) is 91.3 Å². The van der Waals surface area contributed by atoms with E-state index in [0.717, 1.165) is 4.88 Å². The van der Waals surface area contributed by atoms with Gasteiger partial charge in [0.2, 0.25) is 5.82 Å². The first-order valence-corrected chi connectivity index (χ1v) is 7.26. The summed E-state index contributed by atoms with van der Waals surface area (Å²) in [7, 11) is 0. The van der Waals surface area contributed by atoms with Crippen LogP contribution in [-0.2, 0) is 6.61 Å². The molecule has 0 aliphatic rings. The van der Waals surface area contributed by atoms with Crippen molar-refractivity contribution in [1.29, 1.82) is 0 Å². The number of benzene rings is 1. The molecular formula is C14H11N3O4S. The number of rotatable bonds is 5. The summed E-state index contributed by atoms with van der Waals surface area (Å²) < 4.78 is 10.7. The average Bonchev–Trinajstić information content (AvgIpc) is 3.17. The van der Waals surface area contributed by atoms with Crippen LogP contribution in [-0.4, -0.2) is 15.1 Å². The fourth-order valence-corrected chi connectivity index (χ4v) is 2.56. The normalized spacial score (nSPS) is 10.6. The zero-order chi connectivity index (χ0) is 15.5. The van der Waals surface area contributed by atoms with E-state index in [9.17, 15) is 10.1 Å². The van der Waals surface area contributed by atoms with E-state index in [-0.39, 0.29) is 12.3 Å². The Balaban J connectivity index is 1.73. The molecule has 0 radical (unpaired) electrons. The van der Waals surface area contributed by atoms with Gasteiger partial charge < -0.3 is 9.26 Å². The second-order valence-electron chi connectivity index (χ2n) is 4.44. The molecule has 0 amide bonds. The van der Waals surface area contributed by atoms with Crippen molar-refractivity contribution in [3.63, 3.8) is 0 Å². The zero-order valence-corrected chi connectivity index (χ0v) is 12.4. The van der Waals surface area contributed by atoms with Gasteiger partial charge in [-0.15, -0.1) is 11.3 Å². The third kappa shape index (κ3) is 2.82. The van der Waals surface area contributed by atoms with Crippen LogP contribution >= 0.6 is 11.3 Å². The molecule has 0 fully saturated rings. The minimum absolute atomic E-state index is 0.0184. The molecule has 2 heterocycles. The first-order valence-electron chi connectivity index (χ1n) is 6.38. The molecule has 0 saturated heterocycles. The van der Waals surface area contributed by atoms with Gasteiger partial charge in [0.15, 0.2) is 6.61 Å². The molecule has 0 aliphatic carbocycles. The number of nitro groups is 1. The molecule has 3 aromatic rings. The Morgan fingerprint density at radius 3 is 2.95 bits per heavy atom. The number of hydrogen-bond donors (Lipinski definition) is 0. The number of aromatic nitrogens is 2. The van der Waals surface area contributed by atoms with Crippen LogP contribution in [0.1, 0.15) is 11.4 Å². The lowest BCUT2D eigenvalue weighted by atomic mass is 10.2. The smallest absolute Gasteiger partial charge is 0.276 e. The zero-order valence-electron chi connectivity index (χ0n) is 11.6. The van der Waals surface area contributed by atoms with Gasteiger partial charge in [0.25, 0.3) is 11.6 Å². The molecule has 0 aliphatic heterocycles. The largest absolute Gasteiger partial charge is 0.485 e. The molecule has 0 atom stereocenters. The standard InChI is InChI=1S/C14H11N3O4S/c1-9-10(17(18)19)4-2-5-11(9)20-8-13-15-14(21-16-13)12-6-3-7-22-12/h2-7H,8H2,1H3. The van der Waals surface area contributed by atoms with Crippen LogP contribution < -0.4 is 4.74 Å². The van der Waals surface area contributed by atoms with E-state index in [1.165, 1.54) is 17.4 Å². The molecule has 112 valence electrons. The molecule has 2 aromatic heterocycles. The lowest BCUT2D eigenvalue weighted by molar-refractivity contribution is -0.385. The van der Waals surface area contributed by atoms with Crippen molar-refractivity contribution in [3.8, 4) is 16.5 Å². The first kappa shape index (κ1) is 14.2. The third-order valence-electron chi connectivity index (χ3n) is 3.01. The van der Waals surface area contributed by atoms with Gasteiger partial charge in [-0.25, -0.2) is 0 Å². The number of ether oxygens (including phenoxy) is 1. The molecule has 0 N–H and O–H groups in total. The fourth-order valence-electron chi connectivity index (χ4n) is 1.91. The number of nitrogens with zero attached hydrogens (tertiary/aromatic N) is 3. The van der Waals surface area contributed by atoms with Gasteiger partial charge in [-0.1, -0.05) is 17.3 Å². The SMILES string of the molecule is Cc1c(OCc2noc(-c3cccs3)n2)cccc1[N+](=O)[O-]. The summed E-state index contributed by atoms with van der Waals surface area (Å²) in [5, 5.41) is 16.6. The van der Waals surface area contributed by atoms with Gasteiger partial charge in [0.05, 0.1) is 15.4 Å². The minimum Gasteiger partial charge on any atom is -0.485 e. The van der Waals surface area contributed by atoms with Crippen molar-refractivity contribution in [2.45, 2.75) is 13.5 Å². The lowest BCUT2D eigenvalue weighted by Gasteiger charge is -2.06. The minimum atomic E-state index is -0.439. The van der Waals surface area contributed by atoms with Gasteiger partial charge in [0, 0.05) is 6.07 Å². The Hall–Kier alpha value is -2.74. The van der Waals surface area contributed by atoms with E-state index in [1.807, 2.05) is 17.5 Å². The van der Waals surface area contributed by atoms with E-state index < -0.39 is 4.92 Å². The van der Waals surface area contributed by atoms with Crippen molar-refractivity contribution in [2.24, 2.45) is 0 Å². The van der Waals surface area contributed by atoms with Gasteiger partial charge in [-0.2, -0.15) is 4.98 Å². The summed E-state index contributed by atoms with van der Waals surface area (Å²) in [5.74, 6) is 1.25. The molecule has 7 nitrogen and oxygen atoms in total. The highest BCUT2D eigenvalue weighted by molar-refractivity contribution is 7.13. The van der Waals surface area contributed by atoms with Crippen LogP contribution in [0.2, 0.25) is 0 Å². The summed E-state index contributed by atoms with van der Waals surface area (Å²) in [6.45, 7) is 1.72. The Morgan fingerprint density at radius 1 is 1.36 bits per heavy atom. The van der Waals surface area contributed by atoms with E-state index in [0.29, 0.717) is 23.0 Å². The van der Waals surface area contributed by atoms with Crippen LogP contribution in [0.4, 0.5) is 5.69 Å². The predicted octanol–water partition coefficient (Wildman–Crippen LogP) is 3.59. The highest BCUT2D eigenvalue weighted by atomic mass is 32.1. The van der Waals surface area contributed by atoms with Gasteiger partial charge in [0.1, 0.15) is 5.75 Å². The monoisotopic (exact) mass is 317 g/mol. The first-order chi connectivity index (χ1) is 10.6. The molecule has 8 heteroatoms. The van der Waals surface area contributed by atoms with Gasteiger partial charge in [-0.05, 0) is 24.4 Å². The van der Waals surface area contributed by atoms with E-state index in [1.54, 1.807) is 19.1 Å². The van der Waals surface area contributed by atoms with Crippen LogP contribution in [0.5, 0.6) is 5.75 Å². The van der Waals surface area contributed by atoms with Crippen LogP contribution in [0.25, 0.3) is 10.8 Å². The van der Waals surface area contributed by atoms with Crippen molar-refractivity contribution in [2.75, 3.05) is 0 Å². The lowest BCUT2D eigenvalue weighted by Crippen LogP contribution is -2.00. The van der Waals surface area contributed by atoms with Crippen LogP contribution in [0, 0.1) is 17.0 Å². The highest BCUT2D eigenvalue weighted by Crippen LogP contribution is 2.28. The summed E-state index contributed by atoms with van der Waals surface area (Å²) in [5.41, 5.74) is 0.486. The molecule has 0 saturated carbocycles. The van der Waals surface area contributed by atoms with Crippen LogP contribution in [0.15, 0.2) is 40.2 Å². The maximum absolute atomic E-state index is 10.9. The van der Waals surface area contributed by atoms with Gasteiger partial charge >= 0.3 is 0 Å². The molecular weight excluding hydrogens is 306 g/mol. The van der Waals surface area contributed by atoms with E-state index >= 15 is 0 Å². The maximum atomic E-state index is 10.9. The Kier molecular flexibility index (Phi) is 3.84. The fraction of sp³-hybridized carbons (Fsp3) is 0.143. The quantitative estimate of drug-likeness (QED) is 0.527. The Labute approximate surface area is 129 Å². The molecule has 3 rings (SSSR count). The molecule has 22 heavy (non-hydrogen) atoms. The molecule has 1 aromatic carbocycles. The average molecular weight is 317 g/mol. The van der Waals surface area contributed by atoms with Crippen molar-refractivity contribution < 1.29 is 14.2 Å². The summed E-state index contributed by atoms with van der Waals surface area (Å²) in [4.78, 5) is 15.6.